The van der Waals surface area contributed by atoms with E-state index in [-0.39, 0.29) is 17.5 Å². The maximum atomic E-state index is 13.0. The molecule has 29 heavy (non-hydrogen) atoms. The van der Waals surface area contributed by atoms with E-state index in [1.54, 1.807) is 25.9 Å². The molecule has 2 N–H and O–H groups in total. The van der Waals surface area contributed by atoms with Crippen molar-refractivity contribution in [2.75, 3.05) is 33.3 Å². The van der Waals surface area contributed by atoms with Gasteiger partial charge in [-0.25, -0.2) is 13.2 Å². The Morgan fingerprint density at radius 1 is 1.17 bits per heavy atom. The van der Waals surface area contributed by atoms with Gasteiger partial charge in [0.25, 0.3) is 0 Å². The van der Waals surface area contributed by atoms with Gasteiger partial charge < -0.3 is 15.0 Å². The molecule has 1 aliphatic heterocycles. The third-order valence-corrected chi connectivity index (χ3v) is 7.17. The van der Waals surface area contributed by atoms with Crippen molar-refractivity contribution in [2.24, 2.45) is 0 Å². The van der Waals surface area contributed by atoms with Crippen molar-refractivity contribution >= 4 is 16.1 Å². The Bertz CT molecular complexity index is 936. The molecule has 2 amide bonds. The Kier molecular flexibility index (Phi) is 6.43. The van der Waals surface area contributed by atoms with Crippen molar-refractivity contribution in [3.05, 3.63) is 41.2 Å². The molecule has 0 bridgehead atoms. The van der Waals surface area contributed by atoms with Crippen LogP contribution in [0.2, 0.25) is 0 Å². The van der Waals surface area contributed by atoms with Gasteiger partial charge in [0.1, 0.15) is 10.6 Å². The van der Waals surface area contributed by atoms with Crippen LogP contribution in [0.5, 0.6) is 5.75 Å². The number of benzene rings is 1. The summed E-state index contributed by atoms with van der Waals surface area (Å²) in [6.45, 7) is 5.23. The number of carbonyl (C=O) groups excluding carboxylic acids is 1. The topological polar surface area (TPSA) is 108 Å². The zero-order valence-electron chi connectivity index (χ0n) is 16.9. The standard InChI is InChI=1S/C19H27N5O4S/c1-14-18(15(2)22-21-14)29(26,27)24-10-4-9-23(11-12-24)19(25)20-13-16-5-7-17(28-3)8-6-16/h5-8H,4,9-13H2,1-3H3,(H,20,25)(H,21,22). The minimum atomic E-state index is -3.65. The van der Waals surface area contributed by atoms with Gasteiger partial charge in [-0.1, -0.05) is 12.1 Å². The van der Waals surface area contributed by atoms with E-state index in [9.17, 15) is 13.2 Å². The molecule has 1 saturated heterocycles. The average Bonchev–Trinajstić information content (AvgIpc) is 2.91. The number of urea groups is 1. The largest absolute Gasteiger partial charge is 0.497 e. The molecule has 0 radical (unpaired) electrons. The molecule has 2 aromatic rings. The van der Waals surface area contributed by atoms with Crippen LogP contribution in [0, 0.1) is 13.8 Å². The number of nitrogens with zero attached hydrogens (tertiary/aromatic N) is 3. The molecular formula is C19H27N5O4S. The fourth-order valence-electron chi connectivity index (χ4n) is 3.42. The van der Waals surface area contributed by atoms with E-state index in [1.165, 1.54) is 4.31 Å². The first-order valence-electron chi connectivity index (χ1n) is 9.50. The normalized spacial score (nSPS) is 15.8. The number of amides is 2. The Hall–Kier alpha value is -2.59. The van der Waals surface area contributed by atoms with Crippen molar-refractivity contribution in [3.63, 3.8) is 0 Å². The fourth-order valence-corrected chi connectivity index (χ4v) is 5.22. The molecule has 10 heteroatoms. The van der Waals surface area contributed by atoms with Crippen molar-refractivity contribution < 1.29 is 17.9 Å². The highest BCUT2D eigenvalue weighted by atomic mass is 32.2. The predicted molar refractivity (Wildman–Crippen MR) is 108 cm³/mol. The molecule has 1 aromatic heterocycles. The van der Waals surface area contributed by atoms with Crippen LogP contribution in [0.3, 0.4) is 0 Å². The van der Waals surface area contributed by atoms with Crippen LogP contribution >= 0.6 is 0 Å². The van der Waals surface area contributed by atoms with Crippen molar-refractivity contribution in [1.29, 1.82) is 0 Å². The lowest BCUT2D eigenvalue weighted by Gasteiger charge is -2.22. The number of methoxy groups -OCH3 is 1. The SMILES string of the molecule is COc1ccc(CNC(=O)N2CCCN(S(=O)(=O)c3c(C)n[nH]c3C)CC2)cc1. The maximum Gasteiger partial charge on any atom is 0.317 e. The van der Waals surface area contributed by atoms with Gasteiger partial charge in [0.15, 0.2) is 0 Å². The summed E-state index contributed by atoms with van der Waals surface area (Å²) < 4.78 is 32.6. The van der Waals surface area contributed by atoms with Crippen LogP contribution in [-0.2, 0) is 16.6 Å². The van der Waals surface area contributed by atoms with Crippen LogP contribution in [0.1, 0.15) is 23.4 Å². The molecule has 0 spiro atoms. The van der Waals surface area contributed by atoms with Gasteiger partial charge in [-0.15, -0.1) is 0 Å². The lowest BCUT2D eigenvalue weighted by molar-refractivity contribution is 0.200. The van der Waals surface area contributed by atoms with E-state index in [4.69, 9.17) is 4.74 Å². The Morgan fingerprint density at radius 3 is 2.52 bits per heavy atom. The first kappa shape index (κ1) is 21.1. The van der Waals surface area contributed by atoms with Crippen molar-refractivity contribution in [3.8, 4) is 5.75 Å². The van der Waals surface area contributed by atoms with Gasteiger partial charge in [0, 0.05) is 32.7 Å². The molecule has 1 aliphatic rings. The van der Waals surface area contributed by atoms with Gasteiger partial charge >= 0.3 is 6.03 Å². The minimum Gasteiger partial charge on any atom is -0.497 e. The van der Waals surface area contributed by atoms with Gasteiger partial charge in [0.05, 0.1) is 18.5 Å². The second-order valence-electron chi connectivity index (χ2n) is 7.01. The molecule has 1 aromatic carbocycles. The first-order chi connectivity index (χ1) is 13.8. The van der Waals surface area contributed by atoms with E-state index < -0.39 is 10.0 Å². The van der Waals surface area contributed by atoms with E-state index >= 15 is 0 Å². The van der Waals surface area contributed by atoms with Crippen LogP contribution < -0.4 is 10.1 Å². The summed E-state index contributed by atoms with van der Waals surface area (Å²) in [4.78, 5) is 14.4. The third kappa shape index (κ3) is 4.70. The summed E-state index contributed by atoms with van der Waals surface area (Å²) >= 11 is 0. The molecule has 0 atom stereocenters. The highest BCUT2D eigenvalue weighted by Crippen LogP contribution is 2.22. The Balaban J connectivity index is 1.59. The number of hydrogen-bond acceptors (Lipinski definition) is 5. The second-order valence-corrected chi connectivity index (χ2v) is 8.89. The van der Waals surface area contributed by atoms with Gasteiger partial charge in [-0.2, -0.15) is 9.40 Å². The number of aryl methyl sites for hydroxylation is 2. The first-order valence-corrected chi connectivity index (χ1v) is 10.9. The number of hydrogen-bond donors (Lipinski definition) is 2. The molecular weight excluding hydrogens is 394 g/mol. The third-order valence-electron chi connectivity index (χ3n) is 5.00. The molecule has 9 nitrogen and oxygen atoms in total. The van der Waals surface area contributed by atoms with Crippen LogP contribution in [-0.4, -0.2) is 67.1 Å². The molecule has 1 fully saturated rings. The number of aromatic amines is 1. The van der Waals surface area contributed by atoms with E-state index in [1.807, 2.05) is 24.3 Å². The monoisotopic (exact) mass is 421 g/mol. The van der Waals surface area contributed by atoms with E-state index in [0.29, 0.717) is 44.0 Å². The average molecular weight is 422 g/mol. The number of rotatable bonds is 5. The Labute approximate surface area is 171 Å². The summed E-state index contributed by atoms with van der Waals surface area (Å²) in [5.41, 5.74) is 1.95. The zero-order valence-corrected chi connectivity index (χ0v) is 17.8. The Morgan fingerprint density at radius 2 is 1.90 bits per heavy atom. The minimum absolute atomic E-state index is 0.198. The van der Waals surface area contributed by atoms with Crippen LogP contribution in [0.15, 0.2) is 29.2 Å². The zero-order chi connectivity index (χ0) is 21.0. The fraction of sp³-hybridized carbons (Fsp3) is 0.474. The van der Waals surface area contributed by atoms with Crippen molar-refractivity contribution in [2.45, 2.75) is 31.7 Å². The summed E-state index contributed by atoms with van der Waals surface area (Å²) in [6.07, 6.45) is 0.575. The summed E-state index contributed by atoms with van der Waals surface area (Å²) in [6, 6.07) is 7.28. The highest BCUT2D eigenvalue weighted by molar-refractivity contribution is 7.89. The number of H-pyrrole nitrogens is 1. The van der Waals surface area contributed by atoms with Crippen LogP contribution in [0.4, 0.5) is 4.79 Å². The number of carbonyl (C=O) groups is 1. The number of nitrogens with one attached hydrogen (secondary N) is 2. The number of aromatic nitrogens is 2. The van der Waals surface area contributed by atoms with Gasteiger partial charge in [0.2, 0.25) is 10.0 Å². The van der Waals surface area contributed by atoms with Crippen LogP contribution in [0.25, 0.3) is 0 Å². The quantitative estimate of drug-likeness (QED) is 0.763. The number of sulfonamides is 1. The highest BCUT2D eigenvalue weighted by Gasteiger charge is 2.31. The van der Waals surface area contributed by atoms with Gasteiger partial charge in [-0.05, 0) is 38.0 Å². The molecule has 0 unspecified atom stereocenters. The summed E-state index contributed by atoms with van der Waals surface area (Å²) in [5.74, 6) is 0.761. The van der Waals surface area contributed by atoms with Gasteiger partial charge in [-0.3, -0.25) is 5.10 Å². The lowest BCUT2D eigenvalue weighted by atomic mass is 10.2. The molecule has 2 heterocycles. The smallest absolute Gasteiger partial charge is 0.317 e. The molecule has 158 valence electrons. The van der Waals surface area contributed by atoms with E-state index in [2.05, 4.69) is 15.5 Å². The molecule has 0 saturated carbocycles. The summed E-state index contributed by atoms with van der Waals surface area (Å²) in [5, 5.41) is 9.62. The van der Waals surface area contributed by atoms with Crippen molar-refractivity contribution in [1.82, 2.24) is 24.7 Å². The number of ether oxygens (including phenoxy) is 1. The summed E-state index contributed by atoms with van der Waals surface area (Å²) in [7, 11) is -2.04. The molecule has 3 rings (SSSR count). The maximum absolute atomic E-state index is 13.0. The predicted octanol–water partition coefficient (Wildman–Crippen LogP) is 1.64. The second kappa shape index (κ2) is 8.83. The lowest BCUT2D eigenvalue weighted by Crippen LogP contribution is -2.42. The molecule has 0 aliphatic carbocycles. The van der Waals surface area contributed by atoms with E-state index in [0.717, 1.165) is 11.3 Å².